The number of nitrogens with zero attached hydrogens (tertiary/aromatic N) is 1. The first kappa shape index (κ1) is 16.0. The van der Waals surface area contributed by atoms with E-state index in [0.29, 0.717) is 18.5 Å². The maximum absolute atomic E-state index is 12.4. The van der Waals surface area contributed by atoms with E-state index in [0.717, 1.165) is 24.1 Å². The molecule has 0 saturated heterocycles. The van der Waals surface area contributed by atoms with Gasteiger partial charge in [0.2, 0.25) is 0 Å². The molecule has 0 amide bonds. The van der Waals surface area contributed by atoms with Gasteiger partial charge in [-0.25, -0.2) is 9.86 Å². The van der Waals surface area contributed by atoms with Gasteiger partial charge in [-0.15, -0.1) is 0 Å². The Bertz CT molecular complexity index is 738. The largest absolute Gasteiger partial charge is 0.363 e. The summed E-state index contributed by atoms with van der Waals surface area (Å²) in [6.45, 7) is 0.415. The first-order valence-electron chi connectivity index (χ1n) is 8.04. The molecular weight excluding hydrogens is 302 g/mol. The Morgan fingerprint density at radius 2 is 1.62 bits per heavy atom. The van der Waals surface area contributed by atoms with Crippen molar-refractivity contribution in [1.29, 1.82) is 0 Å². The highest BCUT2D eigenvalue weighted by molar-refractivity contribution is 5.91. The first-order valence-corrected chi connectivity index (χ1v) is 8.04. The number of hydrogen-bond donors (Lipinski definition) is 0. The molecular formula is C20H19NO3. The van der Waals surface area contributed by atoms with Gasteiger partial charge in [0, 0.05) is 12.5 Å². The second-order valence-electron chi connectivity index (χ2n) is 5.72. The van der Waals surface area contributed by atoms with E-state index in [4.69, 9.17) is 4.84 Å². The van der Waals surface area contributed by atoms with Crippen molar-refractivity contribution in [2.75, 3.05) is 0 Å². The molecule has 0 aliphatic heterocycles. The summed E-state index contributed by atoms with van der Waals surface area (Å²) in [5.41, 5.74) is 2.25. The van der Waals surface area contributed by atoms with Gasteiger partial charge in [0.15, 0.2) is 5.78 Å². The van der Waals surface area contributed by atoms with Crippen LogP contribution in [0.15, 0.2) is 72.4 Å². The maximum atomic E-state index is 12.4. The van der Waals surface area contributed by atoms with E-state index in [1.54, 1.807) is 35.4 Å². The highest BCUT2D eigenvalue weighted by Crippen LogP contribution is 2.22. The molecule has 24 heavy (non-hydrogen) atoms. The Labute approximate surface area is 141 Å². The van der Waals surface area contributed by atoms with Crippen LogP contribution in [0, 0.1) is 0 Å². The van der Waals surface area contributed by atoms with Crippen molar-refractivity contribution >= 4 is 11.8 Å². The molecule has 4 heteroatoms. The van der Waals surface area contributed by atoms with Gasteiger partial charge in [-0.05, 0) is 30.5 Å². The lowest BCUT2D eigenvalue weighted by Gasteiger charge is -2.27. The molecule has 0 saturated carbocycles. The second kappa shape index (κ2) is 7.59. The number of allylic oxidation sites excluding steroid dienone is 2. The average molecular weight is 321 g/mol. The number of rotatable bonds is 5. The van der Waals surface area contributed by atoms with Crippen LogP contribution in [0.1, 0.15) is 35.2 Å². The second-order valence-corrected chi connectivity index (χ2v) is 5.72. The highest BCUT2D eigenvalue weighted by atomic mass is 16.7. The third-order valence-electron chi connectivity index (χ3n) is 3.88. The van der Waals surface area contributed by atoms with Gasteiger partial charge in [0.05, 0.1) is 17.8 Å². The van der Waals surface area contributed by atoms with E-state index >= 15 is 0 Å². The molecule has 1 aliphatic rings. The molecule has 4 nitrogen and oxygen atoms in total. The summed E-state index contributed by atoms with van der Waals surface area (Å²) in [6.07, 6.45) is 3.64. The maximum Gasteiger partial charge on any atom is 0.363 e. The van der Waals surface area contributed by atoms with Gasteiger partial charge in [-0.2, -0.15) is 0 Å². The van der Waals surface area contributed by atoms with E-state index in [1.165, 1.54) is 0 Å². The van der Waals surface area contributed by atoms with Crippen LogP contribution in [-0.2, 0) is 16.2 Å². The van der Waals surface area contributed by atoms with Crippen LogP contribution < -0.4 is 0 Å². The summed E-state index contributed by atoms with van der Waals surface area (Å²) in [6, 6.07) is 18.6. The van der Waals surface area contributed by atoms with Crippen LogP contribution in [0.3, 0.4) is 0 Å². The molecule has 0 atom stereocenters. The van der Waals surface area contributed by atoms with Crippen LogP contribution in [0.4, 0.5) is 0 Å². The summed E-state index contributed by atoms with van der Waals surface area (Å²) in [5.74, 6) is -0.351. The first-order chi connectivity index (χ1) is 11.7. The molecule has 1 aliphatic carbocycles. The lowest BCUT2D eigenvalue weighted by Crippen LogP contribution is -2.28. The lowest BCUT2D eigenvalue weighted by atomic mass is 10.0. The Morgan fingerprint density at radius 3 is 2.29 bits per heavy atom. The van der Waals surface area contributed by atoms with Gasteiger partial charge in [0.1, 0.15) is 0 Å². The van der Waals surface area contributed by atoms with Crippen molar-refractivity contribution in [3.63, 3.8) is 0 Å². The number of carbonyl (C=O) groups excluding carboxylic acids is 2. The van der Waals surface area contributed by atoms with Gasteiger partial charge >= 0.3 is 5.97 Å². The molecule has 3 rings (SSSR count). The lowest BCUT2D eigenvalue weighted by molar-refractivity contribution is -0.117. The Morgan fingerprint density at radius 1 is 0.958 bits per heavy atom. The minimum Gasteiger partial charge on any atom is -0.335 e. The van der Waals surface area contributed by atoms with Crippen LogP contribution in [0.5, 0.6) is 0 Å². The zero-order valence-electron chi connectivity index (χ0n) is 13.4. The minimum atomic E-state index is -0.426. The smallest absolute Gasteiger partial charge is 0.335 e. The summed E-state index contributed by atoms with van der Waals surface area (Å²) in [7, 11) is 0. The van der Waals surface area contributed by atoms with Gasteiger partial charge < -0.3 is 4.84 Å². The number of hydrogen-bond acceptors (Lipinski definition) is 4. The number of benzene rings is 2. The Kier molecular flexibility index (Phi) is 5.06. The SMILES string of the molecule is O=C1C=C(N(Cc2ccccc2)OC(=O)c2ccccc2)CCC1. The van der Waals surface area contributed by atoms with E-state index < -0.39 is 5.97 Å². The molecule has 0 spiro atoms. The fraction of sp³-hybridized carbons (Fsp3) is 0.200. The Balaban J connectivity index is 1.81. The topological polar surface area (TPSA) is 46.6 Å². The zero-order chi connectivity index (χ0) is 16.8. The predicted molar refractivity (Wildman–Crippen MR) is 90.8 cm³/mol. The molecule has 0 N–H and O–H groups in total. The highest BCUT2D eigenvalue weighted by Gasteiger charge is 2.21. The van der Waals surface area contributed by atoms with Gasteiger partial charge in [-0.1, -0.05) is 48.5 Å². The third-order valence-corrected chi connectivity index (χ3v) is 3.88. The minimum absolute atomic E-state index is 0.0741. The van der Waals surface area contributed by atoms with Crippen molar-refractivity contribution in [2.45, 2.75) is 25.8 Å². The molecule has 122 valence electrons. The van der Waals surface area contributed by atoms with E-state index in [-0.39, 0.29) is 5.78 Å². The fourth-order valence-electron chi connectivity index (χ4n) is 2.64. The molecule has 0 heterocycles. The van der Waals surface area contributed by atoms with Gasteiger partial charge in [-0.3, -0.25) is 4.79 Å². The van der Waals surface area contributed by atoms with Crippen LogP contribution in [-0.4, -0.2) is 16.8 Å². The van der Waals surface area contributed by atoms with Gasteiger partial charge in [0.25, 0.3) is 0 Å². The van der Waals surface area contributed by atoms with E-state index in [1.807, 2.05) is 36.4 Å². The number of carbonyl (C=O) groups is 2. The third kappa shape index (κ3) is 4.10. The molecule has 0 fully saturated rings. The fourth-order valence-corrected chi connectivity index (χ4v) is 2.64. The summed E-state index contributed by atoms with van der Waals surface area (Å²) < 4.78 is 0. The van der Waals surface area contributed by atoms with Crippen molar-refractivity contribution in [2.24, 2.45) is 0 Å². The average Bonchev–Trinajstić information content (AvgIpc) is 2.63. The predicted octanol–water partition coefficient (Wildman–Crippen LogP) is 3.90. The van der Waals surface area contributed by atoms with Crippen molar-refractivity contribution < 1.29 is 14.4 Å². The van der Waals surface area contributed by atoms with Crippen molar-refractivity contribution in [1.82, 2.24) is 5.06 Å². The van der Waals surface area contributed by atoms with Crippen molar-refractivity contribution in [3.05, 3.63) is 83.6 Å². The zero-order valence-corrected chi connectivity index (χ0v) is 13.4. The van der Waals surface area contributed by atoms with E-state index in [9.17, 15) is 9.59 Å². The summed E-state index contributed by atoms with van der Waals surface area (Å²) in [5, 5.41) is 1.54. The molecule has 0 unspecified atom stereocenters. The monoisotopic (exact) mass is 321 g/mol. The van der Waals surface area contributed by atoms with Crippen LogP contribution in [0.2, 0.25) is 0 Å². The summed E-state index contributed by atoms with van der Waals surface area (Å²) in [4.78, 5) is 29.7. The number of hydroxylamine groups is 2. The normalized spacial score (nSPS) is 14.0. The van der Waals surface area contributed by atoms with E-state index in [2.05, 4.69) is 0 Å². The summed E-state index contributed by atoms with van der Waals surface area (Å²) >= 11 is 0. The molecule has 2 aromatic rings. The van der Waals surface area contributed by atoms with Crippen molar-refractivity contribution in [3.8, 4) is 0 Å². The molecule has 0 bridgehead atoms. The number of ketones is 1. The molecule has 2 aromatic carbocycles. The Hall–Kier alpha value is -2.88. The standard InChI is InChI=1S/C20H19NO3/c22-19-13-7-12-18(14-19)21(15-16-8-3-1-4-9-16)24-20(23)17-10-5-2-6-11-17/h1-6,8-11,14H,7,12-13,15H2. The molecule has 0 aromatic heterocycles. The van der Waals surface area contributed by atoms with Crippen LogP contribution >= 0.6 is 0 Å². The quantitative estimate of drug-likeness (QED) is 0.784. The molecule has 0 radical (unpaired) electrons. The van der Waals surface area contributed by atoms with Crippen LogP contribution in [0.25, 0.3) is 0 Å².